The molecule has 3 N–H and O–H groups in total. The van der Waals surface area contributed by atoms with E-state index in [1.54, 1.807) is 30.3 Å². The first-order valence-electron chi connectivity index (χ1n) is 6.64. The molecule has 4 heteroatoms. The molecule has 1 amide bonds. The zero-order valence-electron chi connectivity index (χ0n) is 11.7. The van der Waals surface area contributed by atoms with Crippen molar-refractivity contribution in [3.8, 4) is 0 Å². The summed E-state index contributed by atoms with van der Waals surface area (Å²) < 4.78 is 12.8. The molecule has 3 nitrogen and oxygen atoms in total. The Hall–Kier alpha value is -2.62. The number of hydrogen-bond donors (Lipinski definition) is 2. The second-order valence-corrected chi connectivity index (χ2v) is 4.78. The maximum atomic E-state index is 12.8. The minimum atomic E-state index is -0.298. The number of benzene rings is 2. The molecule has 0 saturated heterocycles. The topological polar surface area (TPSA) is 55.1 Å². The standard InChI is InChI=1S/C17H17FN2O/c1-12(14-5-9-16(19)10-6-14)20-17(21)11-4-13-2-7-15(18)8-3-13/h2-12H,19H2,1H3,(H,20,21)/b11-4+. The van der Waals surface area contributed by atoms with Crippen molar-refractivity contribution in [2.24, 2.45) is 0 Å². The summed E-state index contributed by atoms with van der Waals surface area (Å²) in [5.41, 5.74) is 8.06. The summed E-state index contributed by atoms with van der Waals surface area (Å²) in [7, 11) is 0. The molecule has 0 aromatic heterocycles. The van der Waals surface area contributed by atoms with E-state index < -0.39 is 0 Å². The number of carbonyl (C=O) groups is 1. The summed E-state index contributed by atoms with van der Waals surface area (Å²) in [5.74, 6) is -0.503. The van der Waals surface area contributed by atoms with Crippen molar-refractivity contribution in [1.82, 2.24) is 5.32 Å². The van der Waals surface area contributed by atoms with Crippen LogP contribution in [-0.2, 0) is 4.79 Å². The summed E-state index contributed by atoms with van der Waals surface area (Å²) in [6.07, 6.45) is 3.07. The predicted molar refractivity (Wildman–Crippen MR) is 82.8 cm³/mol. The van der Waals surface area contributed by atoms with Crippen LogP contribution < -0.4 is 11.1 Å². The number of amides is 1. The lowest BCUT2D eigenvalue weighted by molar-refractivity contribution is -0.117. The first kappa shape index (κ1) is 14.8. The van der Waals surface area contributed by atoms with Crippen molar-refractivity contribution in [3.05, 3.63) is 71.6 Å². The minimum Gasteiger partial charge on any atom is -0.399 e. The Kier molecular flexibility index (Phi) is 4.72. The molecule has 0 heterocycles. The molecule has 0 fully saturated rings. The average Bonchev–Trinajstić information content (AvgIpc) is 2.47. The van der Waals surface area contributed by atoms with Gasteiger partial charge in [0.1, 0.15) is 5.82 Å². The Morgan fingerprint density at radius 3 is 2.38 bits per heavy atom. The zero-order chi connectivity index (χ0) is 15.2. The van der Waals surface area contributed by atoms with E-state index in [1.807, 2.05) is 19.1 Å². The van der Waals surface area contributed by atoms with E-state index in [-0.39, 0.29) is 17.8 Å². The van der Waals surface area contributed by atoms with Crippen LogP contribution in [0.1, 0.15) is 24.1 Å². The molecule has 0 spiro atoms. The number of halogens is 1. The fourth-order valence-corrected chi connectivity index (χ4v) is 1.88. The number of carbonyl (C=O) groups excluding carboxylic acids is 1. The Bertz CT molecular complexity index is 633. The van der Waals surface area contributed by atoms with Gasteiger partial charge in [0.15, 0.2) is 0 Å². The molecular weight excluding hydrogens is 267 g/mol. The molecule has 1 atom stereocenters. The van der Waals surface area contributed by atoms with Crippen LogP contribution in [0.2, 0.25) is 0 Å². The minimum absolute atomic E-state index is 0.115. The van der Waals surface area contributed by atoms with Crippen LogP contribution in [0.25, 0.3) is 6.08 Å². The summed E-state index contributed by atoms with van der Waals surface area (Å²) >= 11 is 0. The van der Waals surface area contributed by atoms with E-state index in [1.165, 1.54) is 18.2 Å². The lowest BCUT2D eigenvalue weighted by Gasteiger charge is -2.13. The quantitative estimate of drug-likeness (QED) is 0.668. The van der Waals surface area contributed by atoms with E-state index in [2.05, 4.69) is 5.32 Å². The third-order valence-corrected chi connectivity index (χ3v) is 3.09. The number of nitrogen functional groups attached to an aromatic ring is 1. The van der Waals surface area contributed by atoms with Crippen LogP contribution in [-0.4, -0.2) is 5.91 Å². The predicted octanol–water partition coefficient (Wildman–Crippen LogP) is 3.30. The second kappa shape index (κ2) is 6.70. The molecule has 21 heavy (non-hydrogen) atoms. The molecule has 2 aromatic rings. The van der Waals surface area contributed by atoms with Gasteiger partial charge < -0.3 is 11.1 Å². The van der Waals surface area contributed by atoms with E-state index in [0.29, 0.717) is 5.69 Å². The Labute approximate surface area is 123 Å². The van der Waals surface area contributed by atoms with E-state index >= 15 is 0 Å². The fraction of sp³-hybridized carbons (Fsp3) is 0.118. The Balaban J connectivity index is 1.94. The smallest absolute Gasteiger partial charge is 0.244 e. The van der Waals surface area contributed by atoms with Crippen molar-refractivity contribution >= 4 is 17.7 Å². The van der Waals surface area contributed by atoms with Crippen molar-refractivity contribution < 1.29 is 9.18 Å². The highest BCUT2D eigenvalue weighted by Crippen LogP contribution is 2.14. The fourth-order valence-electron chi connectivity index (χ4n) is 1.88. The van der Waals surface area contributed by atoms with E-state index in [4.69, 9.17) is 5.73 Å². The Morgan fingerprint density at radius 2 is 1.76 bits per heavy atom. The average molecular weight is 284 g/mol. The van der Waals surface area contributed by atoms with Gasteiger partial charge in [-0.15, -0.1) is 0 Å². The molecular formula is C17H17FN2O. The van der Waals surface area contributed by atoms with Crippen LogP contribution in [0, 0.1) is 5.82 Å². The van der Waals surface area contributed by atoms with Gasteiger partial charge in [0, 0.05) is 11.8 Å². The number of hydrogen-bond acceptors (Lipinski definition) is 2. The summed E-state index contributed by atoms with van der Waals surface area (Å²) in [6.45, 7) is 1.90. The number of anilines is 1. The van der Waals surface area contributed by atoms with E-state index in [0.717, 1.165) is 11.1 Å². The lowest BCUT2D eigenvalue weighted by Crippen LogP contribution is -2.24. The van der Waals surface area contributed by atoms with Gasteiger partial charge in [0.25, 0.3) is 0 Å². The van der Waals surface area contributed by atoms with Gasteiger partial charge in [-0.3, -0.25) is 4.79 Å². The first-order valence-corrected chi connectivity index (χ1v) is 6.64. The zero-order valence-corrected chi connectivity index (χ0v) is 11.7. The molecule has 0 radical (unpaired) electrons. The number of rotatable bonds is 4. The second-order valence-electron chi connectivity index (χ2n) is 4.78. The van der Waals surface area contributed by atoms with Gasteiger partial charge in [-0.25, -0.2) is 4.39 Å². The molecule has 108 valence electrons. The highest BCUT2D eigenvalue weighted by Gasteiger charge is 2.06. The highest BCUT2D eigenvalue weighted by molar-refractivity contribution is 5.91. The van der Waals surface area contributed by atoms with Gasteiger partial charge in [-0.2, -0.15) is 0 Å². The lowest BCUT2D eigenvalue weighted by atomic mass is 10.1. The van der Waals surface area contributed by atoms with Crippen LogP contribution in [0.15, 0.2) is 54.6 Å². The maximum absolute atomic E-state index is 12.8. The van der Waals surface area contributed by atoms with Gasteiger partial charge in [-0.1, -0.05) is 24.3 Å². The van der Waals surface area contributed by atoms with Crippen molar-refractivity contribution in [1.29, 1.82) is 0 Å². The molecule has 0 aliphatic heterocycles. The maximum Gasteiger partial charge on any atom is 0.244 e. The monoisotopic (exact) mass is 284 g/mol. The van der Waals surface area contributed by atoms with Crippen LogP contribution in [0.4, 0.5) is 10.1 Å². The number of nitrogens with one attached hydrogen (secondary N) is 1. The summed E-state index contributed by atoms with van der Waals surface area (Å²) in [4.78, 5) is 11.8. The molecule has 2 rings (SSSR count). The molecule has 0 aliphatic carbocycles. The largest absolute Gasteiger partial charge is 0.399 e. The SMILES string of the molecule is CC(NC(=O)/C=C/c1ccc(F)cc1)c1ccc(N)cc1. The van der Waals surface area contributed by atoms with Crippen LogP contribution in [0.5, 0.6) is 0 Å². The molecule has 2 aromatic carbocycles. The van der Waals surface area contributed by atoms with E-state index in [9.17, 15) is 9.18 Å². The van der Waals surface area contributed by atoms with Gasteiger partial charge >= 0.3 is 0 Å². The third-order valence-electron chi connectivity index (χ3n) is 3.09. The number of nitrogens with two attached hydrogens (primary N) is 1. The molecule has 0 bridgehead atoms. The molecule has 0 saturated carbocycles. The van der Waals surface area contributed by atoms with Crippen LogP contribution in [0.3, 0.4) is 0 Å². The van der Waals surface area contributed by atoms with Crippen LogP contribution >= 0.6 is 0 Å². The Morgan fingerprint density at radius 1 is 1.14 bits per heavy atom. The first-order chi connectivity index (χ1) is 10.0. The molecule has 1 unspecified atom stereocenters. The molecule has 0 aliphatic rings. The van der Waals surface area contributed by atoms with Crippen molar-refractivity contribution in [2.45, 2.75) is 13.0 Å². The highest BCUT2D eigenvalue weighted by atomic mass is 19.1. The normalized spacial score (nSPS) is 12.3. The van der Waals surface area contributed by atoms with Gasteiger partial charge in [0.2, 0.25) is 5.91 Å². The van der Waals surface area contributed by atoms with Gasteiger partial charge in [-0.05, 0) is 48.4 Å². The summed E-state index contributed by atoms with van der Waals surface area (Å²) in [5, 5.41) is 2.86. The third kappa shape index (κ3) is 4.45. The van der Waals surface area contributed by atoms with Crippen molar-refractivity contribution in [2.75, 3.05) is 5.73 Å². The van der Waals surface area contributed by atoms with Gasteiger partial charge in [0.05, 0.1) is 6.04 Å². The summed E-state index contributed by atoms with van der Waals surface area (Å²) in [6, 6.07) is 13.2. The van der Waals surface area contributed by atoms with Crippen molar-refractivity contribution in [3.63, 3.8) is 0 Å².